The molecule has 92 valence electrons. The number of likely N-dealkylation sites (tertiary alicyclic amines) is 1. The van der Waals surface area contributed by atoms with Gasteiger partial charge in [-0.25, -0.2) is 0 Å². The van der Waals surface area contributed by atoms with Crippen LogP contribution in [-0.4, -0.2) is 37.6 Å². The summed E-state index contributed by atoms with van der Waals surface area (Å²) in [4.78, 5) is 2.67. The van der Waals surface area contributed by atoms with E-state index in [1.807, 2.05) is 0 Å². The van der Waals surface area contributed by atoms with Crippen LogP contribution in [0.5, 0.6) is 0 Å². The molecule has 2 aliphatic heterocycles. The first-order chi connectivity index (χ1) is 6.45. The Hall–Kier alpha value is 0.500. The van der Waals surface area contributed by atoms with E-state index in [1.54, 1.807) is 0 Å². The van der Waals surface area contributed by atoms with Crippen LogP contribution in [0.15, 0.2) is 0 Å². The van der Waals surface area contributed by atoms with Gasteiger partial charge in [-0.3, -0.25) is 0 Å². The highest BCUT2D eigenvalue weighted by Gasteiger charge is 2.17. The fourth-order valence-corrected chi connectivity index (χ4v) is 2.59. The smallest absolute Gasteiger partial charge is 0.00218 e. The normalized spacial score (nSPS) is 27.6. The summed E-state index contributed by atoms with van der Waals surface area (Å²) in [5, 5.41) is 3.50. The Morgan fingerprint density at radius 3 is 2.33 bits per heavy atom. The van der Waals surface area contributed by atoms with Gasteiger partial charge >= 0.3 is 0 Å². The van der Waals surface area contributed by atoms with Crippen molar-refractivity contribution in [1.82, 2.24) is 10.2 Å². The van der Waals surface area contributed by atoms with E-state index in [0.717, 1.165) is 5.92 Å². The molecule has 0 spiro atoms. The van der Waals surface area contributed by atoms with Crippen LogP contribution in [0, 0.1) is 5.92 Å². The van der Waals surface area contributed by atoms with Gasteiger partial charge in [-0.2, -0.15) is 0 Å². The second-order valence-corrected chi connectivity index (χ2v) is 4.57. The molecule has 2 aliphatic rings. The molecule has 2 heterocycles. The van der Waals surface area contributed by atoms with E-state index in [1.165, 1.54) is 64.8 Å². The predicted molar refractivity (Wildman–Crippen MR) is 70.4 cm³/mol. The molecule has 0 amide bonds. The lowest BCUT2D eigenvalue weighted by atomic mass is 9.98. The molecule has 0 saturated carbocycles. The van der Waals surface area contributed by atoms with Crippen LogP contribution in [0.25, 0.3) is 0 Å². The maximum atomic E-state index is 3.50. The Labute approximate surface area is 106 Å². The molecule has 0 radical (unpaired) electrons. The Bertz CT molecular complexity index is 128. The molecular weight excluding hydrogens is 231 g/mol. The molecular formula is C11H24Cl2N2. The maximum Gasteiger partial charge on any atom is 0.00218 e. The van der Waals surface area contributed by atoms with Crippen molar-refractivity contribution in [3.05, 3.63) is 0 Å². The number of halogens is 2. The first kappa shape index (κ1) is 15.5. The summed E-state index contributed by atoms with van der Waals surface area (Å²) in [7, 11) is 0. The van der Waals surface area contributed by atoms with Gasteiger partial charge < -0.3 is 10.2 Å². The molecule has 0 aromatic rings. The van der Waals surface area contributed by atoms with Crippen LogP contribution < -0.4 is 5.32 Å². The Morgan fingerprint density at radius 1 is 1.00 bits per heavy atom. The molecule has 2 saturated heterocycles. The molecule has 1 N–H and O–H groups in total. The van der Waals surface area contributed by atoms with Gasteiger partial charge in [0.15, 0.2) is 0 Å². The van der Waals surface area contributed by atoms with Gasteiger partial charge in [-0.05, 0) is 57.8 Å². The number of nitrogens with one attached hydrogen (secondary N) is 1. The number of hydrogen-bond donors (Lipinski definition) is 1. The molecule has 0 aromatic carbocycles. The van der Waals surface area contributed by atoms with Crippen molar-refractivity contribution in [2.75, 3.05) is 32.7 Å². The van der Waals surface area contributed by atoms with Crippen LogP contribution in [0.2, 0.25) is 0 Å². The summed E-state index contributed by atoms with van der Waals surface area (Å²) in [5.74, 6) is 0.937. The van der Waals surface area contributed by atoms with Crippen molar-refractivity contribution < 1.29 is 0 Å². The summed E-state index contributed by atoms with van der Waals surface area (Å²) in [6.07, 6.45) is 7.15. The zero-order valence-electron chi connectivity index (χ0n) is 9.41. The molecule has 4 heteroatoms. The van der Waals surface area contributed by atoms with Gasteiger partial charge in [0.05, 0.1) is 0 Å². The second kappa shape index (κ2) is 8.63. The molecule has 2 rings (SSSR count). The average Bonchev–Trinajstić information content (AvgIpc) is 2.21. The molecule has 0 aliphatic carbocycles. The van der Waals surface area contributed by atoms with E-state index in [2.05, 4.69) is 10.2 Å². The fourth-order valence-electron chi connectivity index (χ4n) is 2.59. The molecule has 0 bridgehead atoms. The molecule has 2 nitrogen and oxygen atoms in total. The number of nitrogens with zero attached hydrogens (tertiary/aromatic N) is 1. The SMILES string of the molecule is C1CCN(CC2CCCNC2)CC1.Cl.Cl. The van der Waals surface area contributed by atoms with Crippen LogP contribution >= 0.6 is 24.8 Å². The fraction of sp³-hybridized carbons (Fsp3) is 1.00. The van der Waals surface area contributed by atoms with E-state index >= 15 is 0 Å². The maximum absolute atomic E-state index is 3.50. The minimum atomic E-state index is 0. The summed E-state index contributed by atoms with van der Waals surface area (Å²) in [6.45, 7) is 6.58. The van der Waals surface area contributed by atoms with E-state index < -0.39 is 0 Å². The minimum Gasteiger partial charge on any atom is -0.316 e. The van der Waals surface area contributed by atoms with Gasteiger partial charge in [0.2, 0.25) is 0 Å². The first-order valence-corrected chi connectivity index (χ1v) is 5.88. The first-order valence-electron chi connectivity index (χ1n) is 5.88. The highest BCUT2D eigenvalue weighted by Crippen LogP contribution is 2.15. The monoisotopic (exact) mass is 254 g/mol. The summed E-state index contributed by atoms with van der Waals surface area (Å²) in [6, 6.07) is 0. The third-order valence-electron chi connectivity index (χ3n) is 3.36. The Morgan fingerprint density at radius 2 is 1.73 bits per heavy atom. The van der Waals surface area contributed by atoms with E-state index in [0.29, 0.717) is 0 Å². The van der Waals surface area contributed by atoms with Gasteiger partial charge in [-0.15, -0.1) is 24.8 Å². The third-order valence-corrected chi connectivity index (χ3v) is 3.36. The van der Waals surface area contributed by atoms with Gasteiger partial charge in [0.1, 0.15) is 0 Å². The highest BCUT2D eigenvalue weighted by atomic mass is 35.5. The standard InChI is InChI=1S/C11H22N2.2ClH/c1-2-7-13(8-3-1)10-11-5-4-6-12-9-11;;/h11-12H,1-10H2;2*1H. The van der Waals surface area contributed by atoms with Crippen molar-refractivity contribution >= 4 is 24.8 Å². The van der Waals surface area contributed by atoms with Crippen molar-refractivity contribution in [2.24, 2.45) is 5.92 Å². The lowest BCUT2D eigenvalue weighted by Gasteiger charge is -2.32. The van der Waals surface area contributed by atoms with Crippen molar-refractivity contribution in [3.8, 4) is 0 Å². The Kier molecular flexibility index (Phi) is 8.92. The lowest BCUT2D eigenvalue weighted by Crippen LogP contribution is -2.40. The minimum absolute atomic E-state index is 0. The molecule has 15 heavy (non-hydrogen) atoms. The van der Waals surface area contributed by atoms with Crippen molar-refractivity contribution in [3.63, 3.8) is 0 Å². The van der Waals surface area contributed by atoms with Crippen LogP contribution in [-0.2, 0) is 0 Å². The zero-order valence-corrected chi connectivity index (χ0v) is 11.0. The van der Waals surface area contributed by atoms with Crippen LogP contribution in [0.4, 0.5) is 0 Å². The Balaban J connectivity index is 0.000000980. The van der Waals surface area contributed by atoms with Gasteiger partial charge in [-0.1, -0.05) is 6.42 Å². The van der Waals surface area contributed by atoms with E-state index in [-0.39, 0.29) is 24.8 Å². The molecule has 1 atom stereocenters. The van der Waals surface area contributed by atoms with Crippen molar-refractivity contribution in [1.29, 1.82) is 0 Å². The van der Waals surface area contributed by atoms with Gasteiger partial charge in [0, 0.05) is 6.54 Å². The second-order valence-electron chi connectivity index (χ2n) is 4.57. The summed E-state index contributed by atoms with van der Waals surface area (Å²) < 4.78 is 0. The molecule has 1 unspecified atom stereocenters. The van der Waals surface area contributed by atoms with E-state index in [4.69, 9.17) is 0 Å². The third kappa shape index (κ3) is 5.39. The van der Waals surface area contributed by atoms with Crippen molar-refractivity contribution in [2.45, 2.75) is 32.1 Å². The van der Waals surface area contributed by atoms with E-state index in [9.17, 15) is 0 Å². The average molecular weight is 255 g/mol. The topological polar surface area (TPSA) is 15.3 Å². The number of piperidine rings is 2. The zero-order chi connectivity index (χ0) is 8.93. The molecule has 2 fully saturated rings. The summed E-state index contributed by atoms with van der Waals surface area (Å²) in [5.41, 5.74) is 0. The molecule has 0 aromatic heterocycles. The predicted octanol–water partition coefficient (Wildman–Crippen LogP) is 2.32. The van der Waals surface area contributed by atoms with Crippen LogP contribution in [0.3, 0.4) is 0 Å². The lowest BCUT2D eigenvalue weighted by molar-refractivity contribution is 0.180. The summed E-state index contributed by atoms with van der Waals surface area (Å²) >= 11 is 0. The quantitative estimate of drug-likeness (QED) is 0.814. The number of rotatable bonds is 2. The van der Waals surface area contributed by atoms with Crippen LogP contribution in [0.1, 0.15) is 32.1 Å². The highest BCUT2D eigenvalue weighted by molar-refractivity contribution is 5.85. The number of hydrogen-bond acceptors (Lipinski definition) is 2. The van der Waals surface area contributed by atoms with Gasteiger partial charge in [0.25, 0.3) is 0 Å². The largest absolute Gasteiger partial charge is 0.316 e.